The van der Waals surface area contributed by atoms with Gasteiger partial charge in [0.25, 0.3) is 5.91 Å². The first-order chi connectivity index (χ1) is 13.9. The molecule has 0 spiro atoms. The summed E-state index contributed by atoms with van der Waals surface area (Å²) < 4.78 is 5.42. The molecule has 0 aliphatic carbocycles. The van der Waals surface area contributed by atoms with Gasteiger partial charge in [0.05, 0.1) is 22.1 Å². The number of halogens is 1. The summed E-state index contributed by atoms with van der Waals surface area (Å²) in [5, 5.41) is 10.5. The van der Waals surface area contributed by atoms with E-state index in [-0.39, 0.29) is 25.0 Å². The third-order valence-electron chi connectivity index (χ3n) is 4.61. The molecule has 1 aromatic heterocycles. The number of H-pyrrole nitrogens is 1. The molecular weight excluding hydrogens is 392 g/mol. The number of nitrogens with zero attached hydrogens (tertiary/aromatic N) is 2. The predicted molar refractivity (Wildman–Crippen MR) is 111 cm³/mol. The fourth-order valence-electron chi connectivity index (χ4n) is 3.24. The van der Waals surface area contributed by atoms with E-state index in [0.29, 0.717) is 22.1 Å². The Kier molecular flexibility index (Phi) is 4.98. The summed E-state index contributed by atoms with van der Waals surface area (Å²) in [4.78, 5) is 26.5. The number of hydrogen-bond acceptors (Lipinski definition) is 4. The second kappa shape index (κ2) is 7.60. The van der Waals surface area contributed by atoms with E-state index in [1.165, 1.54) is 4.90 Å². The number of amides is 2. The Morgan fingerprint density at radius 2 is 2.10 bits per heavy atom. The normalized spacial score (nSPS) is 13.1. The van der Waals surface area contributed by atoms with Gasteiger partial charge in [-0.1, -0.05) is 29.3 Å². The molecular formula is C21H19ClN4O3. The number of aryl methyl sites for hydroxylation is 2. The lowest BCUT2D eigenvalue weighted by Gasteiger charge is -2.29. The van der Waals surface area contributed by atoms with Crippen LogP contribution in [-0.2, 0) is 9.59 Å². The SMILES string of the molecule is Cc1ccc(NC(=O)CN2C(=O)COc3c(Cl)cccc32)c(-c2cc(C)[nH]n2)c1. The lowest BCUT2D eigenvalue weighted by Crippen LogP contribution is -2.43. The van der Waals surface area contributed by atoms with E-state index >= 15 is 0 Å². The first kappa shape index (κ1) is 19.0. The molecule has 148 valence electrons. The Morgan fingerprint density at radius 3 is 2.86 bits per heavy atom. The van der Waals surface area contributed by atoms with Crippen LogP contribution in [0.4, 0.5) is 11.4 Å². The molecule has 2 heterocycles. The van der Waals surface area contributed by atoms with Crippen molar-refractivity contribution in [2.24, 2.45) is 0 Å². The molecule has 0 saturated heterocycles. The van der Waals surface area contributed by atoms with E-state index in [4.69, 9.17) is 16.3 Å². The van der Waals surface area contributed by atoms with Gasteiger partial charge in [-0.25, -0.2) is 0 Å². The van der Waals surface area contributed by atoms with Crippen molar-refractivity contribution in [2.75, 3.05) is 23.4 Å². The molecule has 3 aromatic rings. The maximum Gasteiger partial charge on any atom is 0.265 e. The van der Waals surface area contributed by atoms with E-state index in [1.807, 2.05) is 38.1 Å². The summed E-state index contributed by atoms with van der Waals surface area (Å²) >= 11 is 6.15. The average Bonchev–Trinajstić information content (AvgIpc) is 3.12. The second-order valence-electron chi connectivity index (χ2n) is 6.89. The summed E-state index contributed by atoms with van der Waals surface area (Å²) in [5.41, 5.74) is 4.62. The van der Waals surface area contributed by atoms with Gasteiger partial charge in [-0.05, 0) is 44.2 Å². The summed E-state index contributed by atoms with van der Waals surface area (Å²) in [5.74, 6) is -0.227. The van der Waals surface area contributed by atoms with E-state index in [9.17, 15) is 9.59 Å². The first-order valence-electron chi connectivity index (χ1n) is 9.07. The molecule has 29 heavy (non-hydrogen) atoms. The zero-order chi connectivity index (χ0) is 20.5. The van der Waals surface area contributed by atoms with Gasteiger partial charge in [0.2, 0.25) is 5.91 Å². The highest BCUT2D eigenvalue weighted by atomic mass is 35.5. The number of ether oxygens (including phenoxy) is 1. The second-order valence-corrected chi connectivity index (χ2v) is 7.30. The molecule has 0 atom stereocenters. The van der Waals surface area contributed by atoms with Crippen LogP contribution >= 0.6 is 11.6 Å². The van der Waals surface area contributed by atoms with Crippen molar-refractivity contribution < 1.29 is 14.3 Å². The molecule has 0 unspecified atom stereocenters. The number of nitrogens with one attached hydrogen (secondary N) is 2. The number of benzene rings is 2. The molecule has 0 radical (unpaired) electrons. The standard InChI is InChI=1S/C21H19ClN4O3/c1-12-6-7-16(14(8-12)17-9-13(2)24-25-17)23-19(27)10-26-18-5-3-4-15(22)21(18)29-11-20(26)28/h3-9H,10-11H2,1-2H3,(H,23,27)(H,24,25). The zero-order valence-corrected chi connectivity index (χ0v) is 16.7. The number of aromatic nitrogens is 2. The lowest BCUT2D eigenvalue weighted by atomic mass is 10.1. The van der Waals surface area contributed by atoms with Crippen LogP contribution in [0.3, 0.4) is 0 Å². The van der Waals surface area contributed by atoms with Gasteiger partial charge in [0, 0.05) is 11.3 Å². The Hall–Kier alpha value is -3.32. The van der Waals surface area contributed by atoms with E-state index < -0.39 is 0 Å². The maximum atomic E-state index is 12.8. The van der Waals surface area contributed by atoms with Gasteiger partial charge < -0.3 is 10.1 Å². The first-order valence-corrected chi connectivity index (χ1v) is 9.45. The van der Waals surface area contributed by atoms with Gasteiger partial charge in [-0.2, -0.15) is 5.10 Å². The summed E-state index contributed by atoms with van der Waals surface area (Å²) in [7, 11) is 0. The molecule has 0 saturated carbocycles. The van der Waals surface area contributed by atoms with Crippen LogP contribution in [-0.4, -0.2) is 35.2 Å². The molecule has 8 heteroatoms. The molecule has 1 aliphatic rings. The number of para-hydroxylation sites is 1. The molecule has 2 N–H and O–H groups in total. The number of aromatic amines is 1. The highest BCUT2D eigenvalue weighted by Crippen LogP contribution is 2.38. The topological polar surface area (TPSA) is 87.3 Å². The average molecular weight is 411 g/mol. The van der Waals surface area contributed by atoms with Gasteiger partial charge in [0.1, 0.15) is 6.54 Å². The van der Waals surface area contributed by atoms with Gasteiger partial charge in [0.15, 0.2) is 12.4 Å². The largest absolute Gasteiger partial charge is 0.480 e. The number of hydrogen-bond donors (Lipinski definition) is 2. The third-order valence-corrected chi connectivity index (χ3v) is 4.91. The van der Waals surface area contributed by atoms with E-state index in [2.05, 4.69) is 15.5 Å². The maximum absolute atomic E-state index is 12.8. The van der Waals surface area contributed by atoms with Crippen molar-refractivity contribution in [3.05, 3.63) is 58.7 Å². The molecule has 0 fully saturated rings. The zero-order valence-electron chi connectivity index (χ0n) is 16.0. The van der Waals surface area contributed by atoms with E-state index in [1.54, 1.807) is 18.2 Å². The summed E-state index contributed by atoms with van der Waals surface area (Å²) in [6, 6.07) is 12.7. The van der Waals surface area contributed by atoms with Crippen LogP contribution in [0.1, 0.15) is 11.3 Å². The molecule has 2 aromatic carbocycles. The smallest absolute Gasteiger partial charge is 0.265 e. The van der Waals surface area contributed by atoms with Crippen molar-refractivity contribution in [3.63, 3.8) is 0 Å². The molecule has 0 bridgehead atoms. The van der Waals surface area contributed by atoms with Crippen molar-refractivity contribution in [1.29, 1.82) is 0 Å². The Labute approximate surface area is 172 Å². The number of carbonyl (C=O) groups is 2. The van der Waals surface area contributed by atoms with Gasteiger partial charge in [-0.3, -0.25) is 19.6 Å². The predicted octanol–water partition coefficient (Wildman–Crippen LogP) is 3.71. The fraction of sp³-hybridized carbons (Fsp3) is 0.190. The van der Waals surface area contributed by atoms with Crippen LogP contribution in [0.25, 0.3) is 11.3 Å². The Bertz CT molecular complexity index is 1110. The van der Waals surface area contributed by atoms with Crippen molar-refractivity contribution in [1.82, 2.24) is 10.2 Å². The van der Waals surface area contributed by atoms with Crippen LogP contribution in [0, 0.1) is 13.8 Å². The lowest BCUT2D eigenvalue weighted by molar-refractivity contribution is -0.123. The van der Waals surface area contributed by atoms with E-state index in [0.717, 1.165) is 22.5 Å². The van der Waals surface area contributed by atoms with Crippen molar-refractivity contribution in [2.45, 2.75) is 13.8 Å². The van der Waals surface area contributed by atoms with Crippen LogP contribution < -0.4 is 15.0 Å². The number of carbonyl (C=O) groups excluding carboxylic acids is 2. The van der Waals surface area contributed by atoms with Crippen molar-refractivity contribution in [3.8, 4) is 17.0 Å². The fourth-order valence-corrected chi connectivity index (χ4v) is 3.46. The van der Waals surface area contributed by atoms with Crippen LogP contribution in [0.15, 0.2) is 42.5 Å². The monoisotopic (exact) mass is 410 g/mol. The van der Waals surface area contributed by atoms with Gasteiger partial charge >= 0.3 is 0 Å². The molecule has 7 nitrogen and oxygen atoms in total. The molecule has 1 aliphatic heterocycles. The minimum atomic E-state index is -0.330. The number of rotatable bonds is 4. The highest BCUT2D eigenvalue weighted by Gasteiger charge is 2.29. The number of anilines is 2. The van der Waals surface area contributed by atoms with Gasteiger partial charge in [-0.15, -0.1) is 0 Å². The Morgan fingerprint density at radius 1 is 1.28 bits per heavy atom. The van der Waals surface area contributed by atoms with Crippen LogP contribution in [0.2, 0.25) is 5.02 Å². The quantitative estimate of drug-likeness (QED) is 0.686. The summed E-state index contributed by atoms with van der Waals surface area (Å²) in [6.45, 7) is 3.58. The Balaban J connectivity index is 1.59. The summed E-state index contributed by atoms with van der Waals surface area (Å²) in [6.07, 6.45) is 0. The highest BCUT2D eigenvalue weighted by molar-refractivity contribution is 6.32. The third kappa shape index (κ3) is 3.82. The minimum Gasteiger partial charge on any atom is -0.480 e. The molecule has 2 amide bonds. The number of fused-ring (bicyclic) bond motifs is 1. The van der Waals surface area contributed by atoms with Crippen LogP contribution in [0.5, 0.6) is 5.75 Å². The minimum absolute atomic E-state index is 0.150. The van der Waals surface area contributed by atoms with Crippen molar-refractivity contribution >= 4 is 34.8 Å². The molecule has 4 rings (SSSR count).